The van der Waals surface area contributed by atoms with Gasteiger partial charge >= 0.3 is 5.97 Å². The molecule has 2 aromatic carbocycles. The van der Waals surface area contributed by atoms with Gasteiger partial charge in [0.15, 0.2) is 0 Å². The normalized spacial score (nSPS) is 15.3. The van der Waals surface area contributed by atoms with Gasteiger partial charge in [0.2, 0.25) is 11.1 Å². The van der Waals surface area contributed by atoms with Gasteiger partial charge in [-0.1, -0.05) is 54.2 Å². The second-order valence-corrected chi connectivity index (χ2v) is 7.11. The first kappa shape index (κ1) is 18.1. The molecule has 7 nitrogen and oxygen atoms in total. The number of nitrogens with one attached hydrogen (secondary N) is 1. The molecule has 1 aliphatic rings. The molecule has 0 radical (unpaired) electrons. The van der Waals surface area contributed by atoms with Gasteiger partial charge in [-0.15, -0.1) is 5.10 Å². The summed E-state index contributed by atoms with van der Waals surface area (Å²) >= 11 is 1.51. The van der Waals surface area contributed by atoms with Crippen molar-refractivity contribution < 1.29 is 14.6 Å². The third-order valence-corrected chi connectivity index (χ3v) is 5.25. The zero-order valence-corrected chi connectivity index (χ0v) is 15.9. The van der Waals surface area contributed by atoms with Crippen LogP contribution in [0.4, 0.5) is 5.95 Å². The molecule has 0 spiro atoms. The van der Waals surface area contributed by atoms with E-state index in [1.165, 1.54) is 17.3 Å². The topological polar surface area (TPSA) is 89.3 Å². The number of carboxylic acids is 1. The molecule has 0 bridgehead atoms. The monoisotopic (exact) mass is 394 g/mol. The van der Waals surface area contributed by atoms with Crippen LogP contribution in [0, 0.1) is 0 Å². The number of allylic oxidation sites excluding steroid dienone is 1. The predicted octanol–water partition coefficient (Wildman–Crippen LogP) is 3.56. The molecule has 0 saturated heterocycles. The van der Waals surface area contributed by atoms with Gasteiger partial charge in [0.25, 0.3) is 0 Å². The number of nitrogens with zero attached hydrogens (tertiary/aromatic N) is 3. The SMILES string of the molecule is COc1ccc(C2C=C(C(=O)O)Nc3nc(SCc4ccccc4)nn32)cc1. The van der Waals surface area contributed by atoms with Crippen LogP contribution < -0.4 is 10.1 Å². The summed E-state index contributed by atoms with van der Waals surface area (Å²) in [5.41, 5.74) is 2.15. The van der Waals surface area contributed by atoms with Crippen molar-refractivity contribution in [2.24, 2.45) is 0 Å². The van der Waals surface area contributed by atoms with Crippen molar-refractivity contribution in [2.75, 3.05) is 12.4 Å². The molecule has 1 atom stereocenters. The van der Waals surface area contributed by atoms with Crippen LogP contribution in [-0.4, -0.2) is 33.0 Å². The summed E-state index contributed by atoms with van der Waals surface area (Å²) < 4.78 is 6.91. The van der Waals surface area contributed by atoms with Crippen LogP contribution in [0.5, 0.6) is 5.75 Å². The summed E-state index contributed by atoms with van der Waals surface area (Å²) in [5.74, 6) is 0.844. The number of benzene rings is 2. The van der Waals surface area contributed by atoms with E-state index in [1.807, 2.05) is 54.6 Å². The van der Waals surface area contributed by atoms with Gasteiger partial charge in [0, 0.05) is 5.75 Å². The summed E-state index contributed by atoms with van der Waals surface area (Å²) in [6, 6.07) is 17.2. The molecule has 1 aromatic heterocycles. The Labute approximate surface area is 166 Å². The Morgan fingerprint density at radius 3 is 2.64 bits per heavy atom. The number of methoxy groups -OCH3 is 1. The average molecular weight is 394 g/mol. The van der Waals surface area contributed by atoms with E-state index in [9.17, 15) is 9.90 Å². The average Bonchev–Trinajstić information content (AvgIpc) is 3.15. The van der Waals surface area contributed by atoms with E-state index < -0.39 is 5.97 Å². The lowest BCUT2D eigenvalue weighted by Gasteiger charge is -2.22. The summed E-state index contributed by atoms with van der Waals surface area (Å²) in [5, 5.41) is 17.5. The standard InChI is InChI=1S/C20H18N4O3S/c1-27-15-9-7-14(8-10-15)17-11-16(18(25)26)21-19-22-20(23-24(17)19)28-12-13-5-3-2-4-6-13/h2-11,17H,12H2,1H3,(H,25,26)(H,21,22,23). The van der Waals surface area contributed by atoms with Gasteiger partial charge in [-0.3, -0.25) is 0 Å². The van der Waals surface area contributed by atoms with Crippen LogP contribution >= 0.6 is 11.8 Å². The van der Waals surface area contributed by atoms with Crippen molar-refractivity contribution in [3.63, 3.8) is 0 Å². The quantitative estimate of drug-likeness (QED) is 0.618. The second kappa shape index (κ2) is 7.77. The number of aliphatic carboxylic acids is 1. The minimum absolute atomic E-state index is 0.0836. The number of aromatic nitrogens is 3. The number of anilines is 1. The first-order chi connectivity index (χ1) is 13.6. The highest BCUT2D eigenvalue weighted by Gasteiger charge is 2.27. The van der Waals surface area contributed by atoms with E-state index in [0.29, 0.717) is 11.1 Å². The van der Waals surface area contributed by atoms with Crippen LogP contribution in [0.3, 0.4) is 0 Å². The van der Waals surface area contributed by atoms with Crippen molar-refractivity contribution in [3.05, 3.63) is 77.5 Å². The highest BCUT2D eigenvalue weighted by Crippen LogP contribution is 2.32. The van der Waals surface area contributed by atoms with Crippen LogP contribution in [0.1, 0.15) is 17.2 Å². The van der Waals surface area contributed by atoms with Crippen molar-refractivity contribution in [1.82, 2.24) is 14.8 Å². The van der Waals surface area contributed by atoms with Gasteiger partial charge in [0.05, 0.1) is 7.11 Å². The van der Waals surface area contributed by atoms with Gasteiger partial charge in [-0.2, -0.15) is 4.98 Å². The Kier molecular flexibility index (Phi) is 5.03. The third kappa shape index (κ3) is 3.72. The van der Waals surface area contributed by atoms with Gasteiger partial charge in [-0.05, 0) is 29.3 Å². The molecule has 0 fully saturated rings. The highest BCUT2D eigenvalue weighted by atomic mass is 32.2. The molecule has 2 N–H and O–H groups in total. The highest BCUT2D eigenvalue weighted by molar-refractivity contribution is 7.98. The fraction of sp³-hybridized carbons (Fsp3) is 0.150. The summed E-state index contributed by atoms with van der Waals surface area (Å²) in [6.45, 7) is 0. The number of carbonyl (C=O) groups is 1. The van der Waals surface area contributed by atoms with E-state index in [-0.39, 0.29) is 11.7 Å². The van der Waals surface area contributed by atoms with E-state index in [2.05, 4.69) is 15.4 Å². The molecule has 3 aromatic rings. The first-order valence-electron chi connectivity index (χ1n) is 8.63. The lowest BCUT2D eigenvalue weighted by atomic mass is 10.0. The maximum Gasteiger partial charge on any atom is 0.352 e. The number of hydrogen-bond acceptors (Lipinski definition) is 6. The maximum absolute atomic E-state index is 11.5. The smallest absolute Gasteiger partial charge is 0.352 e. The zero-order chi connectivity index (χ0) is 19.5. The predicted molar refractivity (Wildman–Crippen MR) is 106 cm³/mol. The second-order valence-electron chi connectivity index (χ2n) is 6.17. The number of thioether (sulfide) groups is 1. The van der Waals surface area contributed by atoms with Gasteiger partial charge < -0.3 is 15.2 Å². The fourth-order valence-electron chi connectivity index (χ4n) is 2.92. The summed E-state index contributed by atoms with van der Waals surface area (Å²) in [6.07, 6.45) is 1.64. The summed E-state index contributed by atoms with van der Waals surface area (Å²) in [7, 11) is 1.60. The van der Waals surface area contributed by atoms with E-state index in [4.69, 9.17) is 4.74 Å². The van der Waals surface area contributed by atoms with Crippen LogP contribution in [0.25, 0.3) is 0 Å². The molecule has 4 rings (SSSR count). The van der Waals surface area contributed by atoms with Crippen molar-refractivity contribution in [3.8, 4) is 5.75 Å². The summed E-state index contributed by atoms with van der Waals surface area (Å²) in [4.78, 5) is 16.0. The maximum atomic E-state index is 11.5. The molecule has 0 amide bonds. The van der Waals surface area contributed by atoms with Crippen molar-refractivity contribution in [1.29, 1.82) is 0 Å². The lowest BCUT2D eigenvalue weighted by molar-refractivity contribution is -0.132. The van der Waals surface area contributed by atoms with E-state index in [0.717, 1.165) is 17.1 Å². The molecule has 0 saturated carbocycles. The zero-order valence-electron chi connectivity index (χ0n) is 15.1. The number of fused-ring (bicyclic) bond motifs is 1. The Morgan fingerprint density at radius 1 is 1.21 bits per heavy atom. The fourth-order valence-corrected chi connectivity index (χ4v) is 3.70. The minimum atomic E-state index is -1.04. The largest absolute Gasteiger partial charge is 0.497 e. The minimum Gasteiger partial charge on any atom is -0.497 e. The Bertz CT molecular complexity index is 1020. The first-order valence-corrected chi connectivity index (χ1v) is 9.62. The van der Waals surface area contributed by atoms with Crippen LogP contribution in [-0.2, 0) is 10.5 Å². The third-order valence-electron chi connectivity index (χ3n) is 4.34. The molecule has 2 heterocycles. The Morgan fingerprint density at radius 2 is 1.96 bits per heavy atom. The molecule has 142 valence electrons. The number of rotatable bonds is 6. The number of carboxylic acid groups (broad SMARTS) is 1. The van der Waals surface area contributed by atoms with Crippen molar-refractivity contribution in [2.45, 2.75) is 17.0 Å². The number of hydrogen-bond donors (Lipinski definition) is 2. The molecule has 1 aliphatic heterocycles. The van der Waals surface area contributed by atoms with Gasteiger partial charge in [-0.25, -0.2) is 9.48 Å². The molecular formula is C20H18N4O3S. The van der Waals surface area contributed by atoms with Gasteiger partial charge in [0.1, 0.15) is 17.5 Å². The molecule has 8 heteroatoms. The lowest BCUT2D eigenvalue weighted by Crippen LogP contribution is -2.24. The van der Waals surface area contributed by atoms with E-state index in [1.54, 1.807) is 17.9 Å². The number of ether oxygens (including phenoxy) is 1. The molecule has 28 heavy (non-hydrogen) atoms. The van der Waals surface area contributed by atoms with Crippen molar-refractivity contribution >= 4 is 23.7 Å². The van der Waals surface area contributed by atoms with E-state index >= 15 is 0 Å². The molecule has 0 aliphatic carbocycles. The molecule has 1 unspecified atom stereocenters. The Balaban J connectivity index is 1.63. The van der Waals surface area contributed by atoms with Crippen LogP contribution in [0.15, 0.2) is 71.5 Å². The Hall–Kier alpha value is -3.26. The molecular weight excluding hydrogens is 376 g/mol. The van der Waals surface area contributed by atoms with Crippen LogP contribution in [0.2, 0.25) is 0 Å².